The first-order valence-corrected chi connectivity index (χ1v) is 6.95. The lowest BCUT2D eigenvalue weighted by Gasteiger charge is -2.23. The van der Waals surface area contributed by atoms with Crippen molar-refractivity contribution in [2.75, 3.05) is 14.2 Å². The number of nitrogens with zero attached hydrogens (tertiary/aromatic N) is 1. The molecular weight excluding hydrogens is 266 g/mol. The Morgan fingerprint density at radius 2 is 1.90 bits per heavy atom. The lowest BCUT2D eigenvalue weighted by Crippen LogP contribution is -2.21. The maximum atomic E-state index is 11.4. The summed E-state index contributed by atoms with van der Waals surface area (Å²) < 4.78 is 10.2. The number of ether oxygens (including phenoxy) is 1. The summed E-state index contributed by atoms with van der Waals surface area (Å²) in [7, 11) is 3.38. The molecule has 0 aliphatic carbocycles. The number of carbonyl (C=O) groups excluding carboxylic acids is 1. The largest absolute Gasteiger partial charge is 0.463 e. The lowest BCUT2D eigenvalue weighted by molar-refractivity contribution is 0.0559. The van der Waals surface area contributed by atoms with Gasteiger partial charge < -0.3 is 9.15 Å². The second-order valence-corrected chi connectivity index (χ2v) is 5.27. The monoisotopic (exact) mass is 287 g/mol. The van der Waals surface area contributed by atoms with Gasteiger partial charge in [-0.1, -0.05) is 29.8 Å². The number of benzene rings is 1. The highest BCUT2D eigenvalue weighted by Crippen LogP contribution is 2.23. The number of furan rings is 1. The maximum absolute atomic E-state index is 11.4. The van der Waals surface area contributed by atoms with Crippen molar-refractivity contribution in [1.82, 2.24) is 4.90 Å². The smallest absolute Gasteiger partial charge is 0.373 e. The van der Waals surface area contributed by atoms with E-state index in [1.165, 1.54) is 18.2 Å². The third-order valence-electron chi connectivity index (χ3n) is 3.64. The van der Waals surface area contributed by atoms with Crippen LogP contribution < -0.4 is 0 Å². The zero-order valence-electron chi connectivity index (χ0n) is 12.9. The number of hydrogen-bond acceptors (Lipinski definition) is 4. The van der Waals surface area contributed by atoms with E-state index in [1.54, 1.807) is 6.07 Å². The number of carbonyl (C=O) groups is 1. The molecule has 0 radical (unpaired) electrons. The van der Waals surface area contributed by atoms with Crippen LogP contribution in [0.4, 0.5) is 0 Å². The predicted molar refractivity (Wildman–Crippen MR) is 81.1 cm³/mol. The Labute approximate surface area is 125 Å². The Morgan fingerprint density at radius 3 is 2.52 bits per heavy atom. The molecule has 1 heterocycles. The molecule has 0 bridgehead atoms. The van der Waals surface area contributed by atoms with E-state index in [0.29, 0.717) is 0 Å². The van der Waals surface area contributed by atoms with E-state index in [4.69, 9.17) is 4.42 Å². The standard InChI is InChI=1S/C17H21NO3/c1-12-5-7-14(8-6-12)11-18(3)13(2)15-9-10-16(21-15)17(19)20-4/h5-10,13H,11H2,1-4H3. The summed E-state index contributed by atoms with van der Waals surface area (Å²) in [4.78, 5) is 13.6. The molecule has 0 fully saturated rings. The molecule has 0 N–H and O–H groups in total. The Hall–Kier alpha value is -2.07. The number of esters is 1. The van der Waals surface area contributed by atoms with Crippen molar-refractivity contribution in [3.05, 3.63) is 59.0 Å². The number of aryl methyl sites for hydroxylation is 1. The minimum Gasteiger partial charge on any atom is -0.463 e. The Morgan fingerprint density at radius 1 is 1.24 bits per heavy atom. The third kappa shape index (κ3) is 3.73. The van der Waals surface area contributed by atoms with Crippen LogP contribution in [-0.4, -0.2) is 25.0 Å². The van der Waals surface area contributed by atoms with Crippen molar-refractivity contribution in [3.8, 4) is 0 Å². The second-order valence-electron chi connectivity index (χ2n) is 5.27. The molecule has 21 heavy (non-hydrogen) atoms. The molecule has 2 aromatic rings. The Kier molecular flexibility index (Phi) is 4.81. The summed E-state index contributed by atoms with van der Waals surface area (Å²) in [5, 5.41) is 0. The summed E-state index contributed by atoms with van der Waals surface area (Å²) in [6, 6.07) is 12.0. The van der Waals surface area contributed by atoms with Crippen molar-refractivity contribution >= 4 is 5.97 Å². The minimum atomic E-state index is -0.449. The molecule has 4 heteroatoms. The summed E-state index contributed by atoms with van der Waals surface area (Å²) in [6.07, 6.45) is 0. The van der Waals surface area contributed by atoms with E-state index in [-0.39, 0.29) is 11.8 Å². The van der Waals surface area contributed by atoms with Crippen LogP contribution in [0, 0.1) is 6.92 Å². The van der Waals surface area contributed by atoms with Gasteiger partial charge in [0, 0.05) is 6.54 Å². The van der Waals surface area contributed by atoms with Gasteiger partial charge in [0.05, 0.1) is 13.2 Å². The predicted octanol–water partition coefficient (Wildman–Crippen LogP) is 3.57. The molecule has 1 atom stereocenters. The molecule has 0 aliphatic rings. The molecule has 4 nitrogen and oxygen atoms in total. The van der Waals surface area contributed by atoms with Crippen LogP contribution in [-0.2, 0) is 11.3 Å². The summed E-state index contributed by atoms with van der Waals surface area (Å²) in [5.41, 5.74) is 2.50. The van der Waals surface area contributed by atoms with Crippen LogP contribution in [0.3, 0.4) is 0 Å². The highest BCUT2D eigenvalue weighted by Gasteiger charge is 2.18. The zero-order chi connectivity index (χ0) is 15.4. The van der Waals surface area contributed by atoms with E-state index in [9.17, 15) is 4.79 Å². The lowest BCUT2D eigenvalue weighted by atomic mass is 10.1. The molecule has 1 unspecified atom stereocenters. The van der Waals surface area contributed by atoms with Gasteiger partial charge in [0.15, 0.2) is 0 Å². The van der Waals surface area contributed by atoms with Gasteiger partial charge in [0.25, 0.3) is 0 Å². The average Bonchev–Trinajstić information content (AvgIpc) is 2.97. The summed E-state index contributed by atoms with van der Waals surface area (Å²) in [6.45, 7) is 4.94. The van der Waals surface area contributed by atoms with E-state index in [2.05, 4.69) is 40.8 Å². The highest BCUT2D eigenvalue weighted by atomic mass is 16.5. The van der Waals surface area contributed by atoms with Gasteiger partial charge in [-0.3, -0.25) is 4.90 Å². The van der Waals surface area contributed by atoms with Gasteiger partial charge in [-0.05, 0) is 38.6 Å². The molecule has 0 saturated heterocycles. The van der Waals surface area contributed by atoms with E-state index >= 15 is 0 Å². The molecule has 0 amide bonds. The van der Waals surface area contributed by atoms with Crippen molar-refractivity contribution in [1.29, 1.82) is 0 Å². The average molecular weight is 287 g/mol. The van der Waals surface area contributed by atoms with Crippen molar-refractivity contribution in [3.63, 3.8) is 0 Å². The molecule has 0 spiro atoms. The highest BCUT2D eigenvalue weighted by molar-refractivity contribution is 5.86. The van der Waals surface area contributed by atoms with E-state index < -0.39 is 5.97 Å². The summed E-state index contributed by atoms with van der Waals surface area (Å²) in [5.74, 6) is 0.544. The van der Waals surface area contributed by atoms with Crippen LogP contribution in [0.15, 0.2) is 40.8 Å². The maximum Gasteiger partial charge on any atom is 0.373 e. The fourth-order valence-corrected chi connectivity index (χ4v) is 2.12. The molecule has 2 rings (SSSR count). The van der Waals surface area contributed by atoms with Gasteiger partial charge in [0.1, 0.15) is 5.76 Å². The van der Waals surface area contributed by atoms with Crippen LogP contribution in [0.25, 0.3) is 0 Å². The van der Waals surface area contributed by atoms with Crippen molar-refractivity contribution < 1.29 is 13.9 Å². The van der Waals surface area contributed by atoms with Gasteiger partial charge in [-0.25, -0.2) is 4.79 Å². The van der Waals surface area contributed by atoms with E-state index in [0.717, 1.165) is 12.3 Å². The zero-order valence-corrected chi connectivity index (χ0v) is 12.9. The van der Waals surface area contributed by atoms with Crippen LogP contribution in [0.5, 0.6) is 0 Å². The molecule has 1 aromatic carbocycles. The van der Waals surface area contributed by atoms with Crippen molar-refractivity contribution in [2.45, 2.75) is 26.4 Å². The third-order valence-corrected chi connectivity index (χ3v) is 3.64. The quantitative estimate of drug-likeness (QED) is 0.788. The molecule has 1 aromatic heterocycles. The first-order valence-electron chi connectivity index (χ1n) is 6.95. The number of methoxy groups -OCH3 is 1. The first kappa shape index (κ1) is 15.3. The first-order chi connectivity index (χ1) is 10.0. The molecule has 112 valence electrons. The van der Waals surface area contributed by atoms with Gasteiger partial charge >= 0.3 is 5.97 Å². The van der Waals surface area contributed by atoms with Gasteiger partial charge in [0.2, 0.25) is 5.76 Å². The van der Waals surface area contributed by atoms with Crippen LogP contribution >= 0.6 is 0 Å². The second kappa shape index (κ2) is 6.59. The molecular formula is C17H21NO3. The summed E-state index contributed by atoms with van der Waals surface area (Å²) >= 11 is 0. The SMILES string of the molecule is COC(=O)c1ccc(C(C)N(C)Cc2ccc(C)cc2)o1. The van der Waals surface area contributed by atoms with Crippen LogP contribution in [0.2, 0.25) is 0 Å². The fourth-order valence-electron chi connectivity index (χ4n) is 2.12. The normalized spacial score (nSPS) is 12.4. The van der Waals surface area contributed by atoms with Gasteiger partial charge in [-0.15, -0.1) is 0 Å². The minimum absolute atomic E-state index is 0.0738. The van der Waals surface area contributed by atoms with Crippen molar-refractivity contribution in [2.24, 2.45) is 0 Å². The Bertz CT molecular complexity index is 601. The number of hydrogen-bond donors (Lipinski definition) is 0. The van der Waals surface area contributed by atoms with Gasteiger partial charge in [-0.2, -0.15) is 0 Å². The van der Waals surface area contributed by atoms with E-state index in [1.807, 2.05) is 20.0 Å². The number of rotatable bonds is 5. The molecule has 0 saturated carbocycles. The fraction of sp³-hybridized carbons (Fsp3) is 0.353. The molecule has 0 aliphatic heterocycles. The van der Waals surface area contributed by atoms with Crippen LogP contribution in [0.1, 0.15) is 40.4 Å². The Balaban J connectivity index is 2.04. The topological polar surface area (TPSA) is 42.7 Å².